The van der Waals surface area contributed by atoms with Crippen LogP contribution in [0.5, 0.6) is 0 Å². The summed E-state index contributed by atoms with van der Waals surface area (Å²) in [6.45, 7) is 6.19. The van der Waals surface area contributed by atoms with E-state index in [0.29, 0.717) is 0 Å². The van der Waals surface area contributed by atoms with Gasteiger partial charge in [-0.1, -0.05) is 84.9 Å². The van der Waals surface area contributed by atoms with E-state index in [-0.39, 0.29) is 0 Å². The van der Waals surface area contributed by atoms with E-state index in [0.717, 1.165) is 17.8 Å². The molecule has 0 spiro atoms. The van der Waals surface area contributed by atoms with Gasteiger partial charge in [-0.15, -0.1) is 6.58 Å². The summed E-state index contributed by atoms with van der Waals surface area (Å²) >= 11 is 0. The van der Waals surface area contributed by atoms with E-state index in [9.17, 15) is 0 Å². The lowest BCUT2D eigenvalue weighted by atomic mass is 9.96. The van der Waals surface area contributed by atoms with Crippen molar-refractivity contribution in [3.05, 3.63) is 133 Å². The van der Waals surface area contributed by atoms with Crippen LogP contribution in [0.1, 0.15) is 11.1 Å². The molecule has 0 fully saturated rings. The maximum Gasteiger partial charge on any atom is 0.144 e. The van der Waals surface area contributed by atoms with Crippen LogP contribution in [-0.4, -0.2) is 9.55 Å². The van der Waals surface area contributed by atoms with Gasteiger partial charge in [0.05, 0.1) is 5.69 Å². The summed E-state index contributed by atoms with van der Waals surface area (Å²) in [7, 11) is 0. The Hall–Kier alpha value is -4.17. The van der Waals surface area contributed by atoms with Gasteiger partial charge in [0, 0.05) is 18.0 Å². The number of imidazole rings is 1. The van der Waals surface area contributed by atoms with Gasteiger partial charge in [0.25, 0.3) is 0 Å². The third kappa shape index (κ3) is 4.16. The van der Waals surface area contributed by atoms with Crippen molar-refractivity contribution in [3.63, 3.8) is 0 Å². The Balaban J connectivity index is 1.63. The molecule has 0 N–H and O–H groups in total. The topological polar surface area (TPSA) is 17.8 Å². The minimum atomic E-state index is 0.790. The van der Waals surface area contributed by atoms with Crippen molar-refractivity contribution < 1.29 is 0 Å². The molecule has 160 valence electrons. The molecule has 0 amide bonds. The zero-order chi connectivity index (χ0) is 22.6. The number of rotatable bonds is 6. The number of aromatic nitrogens is 2. The molecule has 33 heavy (non-hydrogen) atoms. The Labute approximate surface area is 195 Å². The highest BCUT2D eigenvalue weighted by molar-refractivity contribution is 5.73. The van der Waals surface area contributed by atoms with E-state index >= 15 is 0 Å². The van der Waals surface area contributed by atoms with Crippen LogP contribution in [0.4, 0.5) is 0 Å². The highest BCUT2D eigenvalue weighted by Crippen LogP contribution is 2.32. The first-order valence-electron chi connectivity index (χ1n) is 11.2. The largest absolute Gasteiger partial charge is 0.299 e. The average Bonchev–Trinajstić information content (AvgIpc) is 3.34. The third-order valence-electron chi connectivity index (χ3n) is 5.96. The highest BCUT2D eigenvalue weighted by atomic mass is 15.1. The van der Waals surface area contributed by atoms with E-state index in [1.165, 1.54) is 39.1 Å². The molecular formula is C31H26N2. The Morgan fingerprint density at radius 1 is 0.727 bits per heavy atom. The van der Waals surface area contributed by atoms with Gasteiger partial charge in [-0.2, -0.15) is 0 Å². The molecule has 0 aliphatic rings. The van der Waals surface area contributed by atoms with Gasteiger partial charge in [0.15, 0.2) is 0 Å². The summed E-state index contributed by atoms with van der Waals surface area (Å²) < 4.78 is 2.22. The van der Waals surface area contributed by atoms with Gasteiger partial charge in [-0.3, -0.25) is 4.57 Å². The van der Waals surface area contributed by atoms with Crippen molar-refractivity contribution in [2.24, 2.45) is 0 Å². The molecule has 5 rings (SSSR count). The summed E-state index contributed by atoms with van der Waals surface area (Å²) in [4.78, 5) is 4.76. The van der Waals surface area contributed by atoms with Crippen LogP contribution < -0.4 is 0 Å². The Bertz CT molecular complexity index is 1400. The predicted octanol–water partition coefficient (Wildman–Crippen LogP) is 7.91. The second-order valence-electron chi connectivity index (χ2n) is 8.23. The lowest BCUT2D eigenvalue weighted by Gasteiger charge is -2.18. The van der Waals surface area contributed by atoms with Crippen LogP contribution in [0.25, 0.3) is 39.3 Å². The van der Waals surface area contributed by atoms with Gasteiger partial charge < -0.3 is 0 Å². The molecule has 0 bridgehead atoms. The summed E-state index contributed by atoms with van der Waals surface area (Å²) in [6, 6.07) is 34.1. The van der Waals surface area contributed by atoms with Gasteiger partial charge in [0.2, 0.25) is 0 Å². The Kier molecular flexibility index (Phi) is 5.73. The van der Waals surface area contributed by atoms with E-state index in [2.05, 4.69) is 115 Å². The van der Waals surface area contributed by atoms with E-state index < -0.39 is 0 Å². The van der Waals surface area contributed by atoms with Crippen LogP contribution in [0.15, 0.2) is 122 Å². The molecule has 0 saturated heterocycles. The molecule has 0 aliphatic heterocycles. The fourth-order valence-corrected chi connectivity index (χ4v) is 4.47. The summed E-state index contributed by atoms with van der Waals surface area (Å²) in [5.41, 5.74) is 9.55. The molecule has 0 saturated carbocycles. The highest BCUT2D eigenvalue weighted by Gasteiger charge is 2.15. The van der Waals surface area contributed by atoms with Crippen LogP contribution in [0.2, 0.25) is 0 Å². The quantitative estimate of drug-likeness (QED) is 0.252. The van der Waals surface area contributed by atoms with Crippen LogP contribution in [-0.2, 0) is 6.42 Å². The lowest BCUT2D eigenvalue weighted by Crippen LogP contribution is -2.04. The molecular weight excluding hydrogens is 400 g/mol. The molecule has 2 nitrogen and oxygen atoms in total. The minimum Gasteiger partial charge on any atom is -0.299 e. The first-order chi connectivity index (χ1) is 16.2. The first-order valence-corrected chi connectivity index (χ1v) is 11.2. The van der Waals surface area contributed by atoms with Crippen molar-refractivity contribution in [1.82, 2.24) is 9.55 Å². The SMILES string of the molecule is C=CCc1cc(-c2ccccc2)cc(C)c1-n1ccnc1-c1cccc(-c2ccccc2)c1. The monoisotopic (exact) mass is 426 g/mol. The van der Waals surface area contributed by atoms with Crippen molar-refractivity contribution in [1.29, 1.82) is 0 Å². The lowest BCUT2D eigenvalue weighted by molar-refractivity contribution is 1.02. The van der Waals surface area contributed by atoms with Gasteiger partial charge >= 0.3 is 0 Å². The number of nitrogens with zero attached hydrogens (tertiary/aromatic N) is 2. The number of benzene rings is 4. The molecule has 1 aromatic heterocycles. The van der Waals surface area contributed by atoms with Crippen LogP contribution in [0, 0.1) is 6.92 Å². The second kappa shape index (κ2) is 9.13. The fourth-order valence-electron chi connectivity index (χ4n) is 4.47. The average molecular weight is 427 g/mol. The van der Waals surface area contributed by atoms with E-state index in [4.69, 9.17) is 4.98 Å². The molecule has 2 heteroatoms. The van der Waals surface area contributed by atoms with E-state index in [1.807, 2.05) is 18.3 Å². The van der Waals surface area contributed by atoms with Crippen LogP contribution >= 0.6 is 0 Å². The standard InChI is InChI=1S/C31H26N2/c1-3-11-27-22-29(25-14-8-5-9-15-25)20-23(2)30(27)33-19-18-32-31(33)28-17-10-16-26(21-28)24-12-6-4-7-13-24/h3-10,12-22H,1,11H2,2H3. The molecule has 0 atom stereocenters. The normalized spacial score (nSPS) is 10.8. The fraction of sp³-hybridized carbons (Fsp3) is 0.0645. The minimum absolute atomic E-state index is 0.790. The molecule has 0 radical (unpaired) electrons. The number of aryl methyl sites for hydroxylation is 1. The number of hydrogen-bond acceptors (Lipinski definition) is 1. The number of allylic oxidation sites excluding steroid dienone is 1. The zero-order valence-electron chi connectivity index (χ0n) is 18.8. The molecule has 0 aliphatic carbocycles. The molecule has 4 aromatic carbocycles. The summed E-state index contributed by atoms with van der Waals surface area (Å²) in [6.07, 6.45) is 6.70. The summed E-state index contributed by atoms with van der Waals surface area (Å²) in [5.74, 6) is 0.939. The van der Waals surface area contributed by atoms with Gasteiger partial charge in [-0.05, 0) is 64.9 Å². The second-order valence-corrected chi connectivity index (χ2v) is 8.23. The first kappa shape index (κ1) is 20.7. The van der Waals surface area contributed by atoms with Crippen molar-refractivity contribution in [3.8, 4) is 39.3 Å². The van der Waals surface area contributed by atoms with E-state index in [1.54, 1.807) is 0 Å². The maximum atomic E-state index is 4.76. The summed E-state index contributed by atoms with van der Waals surface area (Å²) in [5, 5.41) is 0. The maximum absolute atomic E-state index is 4.76. The molecule has 5 aromatic rings. The van der Waals surface area contributed by atoms with Crippen LogP contribution in [0.3, 0.4) is 0 Å². The zero-order valence-corrected chi connectivity index (χ0v) is 18.8. The van der Waals surface area contributed by atoms with Crippen molar-refractivity contribution in [2.45, 2.75) is 13.3 Å². The number of hydrogen-bond donors (Lipinski definition) is 0. The Morgan fingerprint density at radius 2 is 1.36 bits per heavy atom. The Morgan fingerprint density at radius 3 is 2.06 bits per heavy atom. The smallest absolute Gasteiger partial charge is 0.144 e. The van der Waals surface area contributed by atoms with Gasteiger partial charge in [-0.25, -0.2) is 4.98 Å². The van der Waals surface area contributed by atoms with Crippen molar-refractivity contribution >= 4 is 0 Å². The van der Waals surface area contributed by atoms with Gasteiger partial charge in [0.1, 0.15) is 5.82 Å². The third-order valence-corrected chi connectivity index (χ3v) is 5.96. The predicted molar refractivity (Wildman–Crippen MR) is 139 cm³/mol. The molecule has 1 heterocycles. The molecule has 0 unspecified atom stereocenters. The van der Waals surface area contributed by atoms with Crippen molar-refractivity contribution in [2.75, 3.05) is 0 Å².